The van der Waals surface area contributed by atoms with Crippen LogP contribution < -0.4 is 4.57 Å². The number of nitrogens with one attached hydrogen (secondary N) is 1. The number of aromatic nitrogens is 2. The smallest absolute Gasteiger partial charge is 0.247 e. The van der Waals surface area contributed by atoms with E-state index >= 15 is 0 Å². The zero-order valence-corrected chi connectivity index (χ0v) is 6.95. The van der Waals surface area contributed by atoms with Crippen molar-refractivity contribution in [2.75, 3.05) is 0 Å². The van der Waals surface area contributed by atoms with Crippen molar-refractivity contribution < 1.29 is 4.57 Å². The Balaban J connectivity index is 2.51. The highest BCUT2D eigenvalue weighted by atomic mass is 15.0. The molecule has 62 valence electrons. The van der Waals surface area contributed by atoms with Crippen LogP contribution in [-0.4, -0.2) is 4.98 Å². The van der Waals surface area contributed by atoms with Crippen LogP contribution in [0.15, 0.2) is 19.0 Å². The van der Waals surface area contributed by atoms with Gasteiger partial charge in [-0.3, -0.25) is 0 Å². The summed E-state index contributed by atoms with van der Waals surface area (Å²) < 4.78 is 1.93. The minimum Gasteiger partial charge on any atom is -0.247 e. The van der Waals surface area contributed by atoms with Crippen molar-refractivity contribution >= 4 is 6.20 Å². The fourth-order valence-electron chi connectivity index (χ4n) is 1.09. The number of unbranched alkanes of at least 4 members (excludes halogenated alkanes) is 1. The Kier molecular flexibility index (Phi) is 3.09. The number of H-pyrrole nitrogens is 1. The van der Waals surface area contributed by atoms with E-state index in [-0.39, 0.29) is 0 Å². The lowest BCUT2D eigenvalue weighted by molar-refractivity contribution is -0.575. The lowest BCUT2D eigenvalue weighted by atomic mass is 10.2. The second-order valence-electron chi connectivity index (χ2n) is 2.51. The topological polar surface area (TPSA) is 43.5 Å². The predicted molar refractivity (Wildman–Crippen MR) is 45.9 cm³/mol. The van der Waals surface area contributed by atoms with E-state index in [1.54, 1.807) is 6.20 Å². The number of aromatic amines is 1. The van der Waals surface area contributed by atoms with E-state index in [9.17, 15) is 0 Å². The van der Waals surface area contributed by atoms with Crippen molar-refractivity contribution in [2.24, 2.45) is 0 Å². The lowest BCUT2D eigenvalue weighted by Crippen LogP contribution is -2.27. The standard InChI is InChI=1S/C9H11N3/c1-2-12-8-7-11-9(12)5-3-4-6-10/h2,7-8H,1,3-5H2/p+1. The molecule has 3 heteroatoms. The number of imidazole rings is 1. The number of hydrogen-bond donors (Lipinski definition) is 1. The average Bonchev–Trinajstić information content (AvgIpc) is 2.52. The van der Waals surface area contributed by atoms with Crippen molar-refractivity contribution in [1.29, 1.82) is 5.26 Å². The van der Waals surface area contributed by atoms with Gasteiger partial charge < -0.3 is 0 Å². The maximum atomic E-state index is 8.33. The molecule has 3 nitrogen and oxygen atoms in total. The fraction of sp³-hybridized carbons (Fsp3) is 0.333. The first-order valence-corrected chi connectivity index (χ1v) is 3.95. The summed E-state index contributed by atoms with van der Waals surface area (Å²) in [6.07, 6.45) is 7.92. The van der Waals surface area contributed by atoms with Gasteiger partial charge in [0.15, 0.2) is 0 Å². The second-order valence-corrected chi connectivity index (χ2v) is 2.51. The predicted octanol–water partition coefficient (Wildman–Crippen LogP) is 1.25. The molecule has 0 spiro atoms. The Morgan fingerprint density at radius 2 is 2.58 bits per heavy atom. The van der Waals surface area contributed by atoms with Crippen molar-refractivity contribution in [2.45, 2.75) is 19.3 Å². The van der Waals surface area contributed by atoms with Crippen LogP contribution in [0.25, 0.3) is 6.20 Å². The van der Waals surface area contributed by atoms with Crippen molar-refractivity contribution in [3.63, 3.8) is 0 Å². The van der Waals surface area contributed by atoms with E-state index in [0.717, 1.165) is 18.7 Å². The fourth-order valence-corrected chi connectivity index (χ4v) is 1.09. The molecule has 1 N–H and O–H groups in total. The molecule has 0 radical (unpaired) electrons. The summed E-state index contributed by atoms with van der Waals surface area (Å²) in [6.45, 7) is 3.67. The summed E-state index contributed by atoms with van der Waals surface area (Å²) in [5, 5.41) is 8.33. The Hall–Kier alpha value is -1.56. The Morgan fingerprint density at radius 3 is 3.25 bits per heavy atom. The van der Waals surface area contributed by atoms with Crippen molar-refractivity contribution in [3.8, 4) is 6.07 Å². The maximum Gasteiger partial charge on any atom is 0.258 e. The molecule has 0 aliphatic heterocycles. The minimum atomic E-state index is 0.607. The molecule has 1 rings (SSSR count). The van der Waals surface area contributed by atoms with Crippen LogP contribution in [0.1, 0.15) is 18.7 Å². The molecule has 0 aliphatic carbocycles. The zero-order chi connectivity index (χ0) is 8.81. The van der Waals surface area contributed by atoms with E-state index < -0.39 is 0 Å². The molecule has 1 aromatic rings. The van der Waals surface area contributed by atoms with Gasteiger partial charge in [0, 0.05) is 6.42 Å². The largest absolute Gasteiger partial charge is 0.258 e. The third kappa shape index (κ3) is 1.96. The maximum absolute atomic E-state index is 8.33. The third-order valence-corrected chi connectivity index (χ3v) is 1.70. The SMILES string of the molecule is C=C[n+]1cc[nH]c1CCCC#N. The summed E-state index contributed by atoms with van der Waals surface area (Å²) in [5.41, 5.74) is 0. The van der Waals surface area contributed by atoms with Gasteiger partial charge in [-0.05, 0) is 6.42 Å². The normalized spacial score (nSPS) is 9.25. The molecule has 0 atom stereocenters. The van der Waals surface area contributed by atoms with Gasteiger partial charge in [0.2, 0.25) is 0 Å². The molecule has 0 bridgehead atoms. The quantitative estimate of drug-likeness (QED) is 0.525. The summed E-state index contributed by atoms with van der Waals surface area (Å²) in [5.74, 6) is 1.10. The molecule has 1 aromatic heterocycles. The Labute approximate surface area is 72.0 Å². The van der Waals surface area contributed by atoms with Crippen LogP contribution in [0.5, 0.6) is 0 Å². The summed E-state index contributed by atoms with van der Waals surface area (Å²) >= 11 is 0. The summed E-state index contributed by atoms with van der Waals surface area (Å²) in [4.78, 5) is 3.10. The van der Waals surface area contributed by atoms with Gasteiger partial charge in [-0.2, -0.15) is 5.26 Å². The number of nitriles is 1. The number of rotatable bonds is 4. The van der Waals surface area contributed by atoms with Crippen molar-refractivity contribution in [3.05, 3.63) is 24.8 Å². The Morgan fingerprint density at radius 1 is 1.75 bits per heavy atom. The molecule has 0 aromatic carbocycles. The summed E-state index contributed by atoms with van der Waals surface area (Å²) in [7, 11) is 0. The number of hydrogen-bond acceptors (Lipinski definition) is 1. The second kappa shape index (κ2) is 4.35. The van der Waals surface area contributed by atoms with Gasteiger partial charge in [0.1, 0.15) is 12.4 Å². The lowest BCUT2D eigenvalue weighted by Gasteiger charge is -1.91. The van der Waals surface area contributed by atoms with Crippen LogP contribution in [0.4, 0.5) is 0 Å². The van der Waals surface area contributed by atoms with E-state index in [4.69, 9.17) is 5.26 Å². The molecule has 1 heterocycles. The van der Waals surface area contributed by atoms with Crippen LogP contribution in [-0.2, 0) is 6.42 Å². The van der Waals surface area contributed by atoms with E-state index in [1.165, 1.54) is 0 Å². The van der Waals surface area contributed by atoms with Gasteiger partial charge in [0.25, 0.3) is 5.82 Å². The van der Waals surface area contributed by atoms with Gasteiger partial charge in [-0.15, -0.1) is 0 Å². The van der Waals surface area contributed by atoms with Crippen LogP contribution in [0.2, 0.25) is 0 Å². The van der Waals surface area contributed by atoms with E-state index in [1.807, 2.05) is 17.0 Å². The van der Waals surface area contributed by atoms with Crippen molar-refractivity contribution in [1.82, 2.24) is 4.98 Å². The molecular formula is C9H12N3+. The molecule has 12 heavy (non-hydrogen) atoms. The molecule has 0 fully saturated rings. The molecule has 0 saturated heterocycles. The number of aryl methyl sites for hydroxylation is 1. The highest BCUT2D eigenvalue weighted by Crippen LogP contribution is 1.96. The summed E-state index contributed by atoms with van der Waals surface area (Å²) in [6, 6.07) is 2.12. The van der Waals surface area contributed by atoms with Crippen LogP contribution in [0, 0.1) is 11.3 Å². The molecule has 0 amide bonds. The number of nitrogens with zero attached hydrogens (tertiary/aromatic N) is 2. The van der Waals surface area contributed by atoms with Gasteiger partial charge in [-0.1, -0.05) is 6.58 Å². The first-order chi connectivity index (χ1) is 5.88. The van der Waals surface area contributed by atoms with Crippen LogP contribution >= 0.6 is 0 Å². The highest BCUT2D eigenvalue weighted by Gasteiger charge is 2.05. The first kappa shape index (κ1) is 8.54. The van der Waals surface area contributed by atoms with E-state index in [0.29, 0.717) is 6.42 Å². The Bertz CT molecular complexity index is 293. The third-order valence-electron chi connectivity index (χ3n) is 1.70. The first-order valence-electron chi connectivity index (χ1n) is 3.95. The van der Waals surface area contributed by atoms with Gasteiger partial charge in [0.05, 0.1) is 18.7 Å². The highest BCUT2D eigenvalue weighted by molar-refractivity contribution is 4.98. The molecule has 0 aliphatic rings. The average molecular weight is 162 g/mol. The monoisotopic (exact) mass is 162 g/mol. The zero-order valence-electron chi connectivity index (χ0n) is 6.95. The minimum absolute atomic E-state index is 0.607. The van der Waals surface area contributed by atoms with Crippen LogP contribution in [0.3, 0.4) is 0 Å². The molecule has 0 saturated carbocycles. The van der Waals surface area contributed by atoms with Gasteiger partial charge >= 0.3 is 0 Å². The van der Waals surface area contributed by atoms with Gasteiger partial charge in [-0.25, -0.2) is 9.55 Å². The molecular weight excluding hydrogens is 150 g/mol. The molecule has 0 unspecified atom stereocenters. The van der Waals surface area contributed by atoms with E-state index in [2.05, 4.69) is 17.6 Å².